The molecule has 0 bridgehead atoms. The molecular weight excluding hydrogens is 575 g/mol. The molecule has 0 saturated carbocycles. The van der Waals surface area contributed by atoms with Gasteiger partial charge in [-0.15, -0.1) is 11.3 Å². The van der Waals surface area contributed by atoms with E-state index in [1.54, 1.807) is 12.3 Å². The molecule has 1 saturated heterocycles. The third-order valence-electron chi connectivity index (χ3n) is 7.08. The highest BCUT2D eigenvalue weighted by Crippen LogP contribution is 2.35. The summed E-state index contributed by atoms with van der Waals surface area (Å²) < 4.78 is 63.8. The van der Waals surface area contributed by atoms with E-state index >= 15 is 0 Å². The predicted molar refractivity (Wildman–Crippen MR) is 149 cm³/mol. The molecule has 1 aliphatic heterocycles. The zero-order chi connectivity index (χ0) is 28.9. The van der Waals surface area contributed by atoms with E-state index in [9.17, 15) is 31.2 Å². The van der Waals surface area contributed by atoms with Crippen molar-refractivity contribution in [2.45, 2.75) is 29.4 Å². The molecule has 6 rings (SSSR count). The maximum Gasteiger partial charge on any atom is 0.501 e. The van der Waals surface area contributed by atoms with Crippen LogP contribution in [-0.2, 0) is 27.6 Å². The smallest absolute Gasteiger partial charge is 0.307 e. The lowest BCUT2D eigenvalue weighted by atomic mass is 10.0. The summed E-state index contributed by atoms with van der Waals surface area (Å²) in [5.41, 5.74) is -3.13. The van der Waals surface area contributed by atoms with Crippen molar-refractivity contribution in [2.24, 2.45) is 0 Å². The molecule has 1 aliphatic rings. The van der Waals surface area contributed by atoms with Crippen molar-refractivity contribution in [1.82, 2.24) is 9.88 Å². The van der Waals surface area contributed by atoms with E-state index in [4.69, 9.17) is 0 Å². The number of thiophene rings is 1. The maximum atomic E-state index is 13.8. The van der Waals surface area contributed by atoms with Crippen LogP contribution in [0.3, 0.4) is 0 Å². The first-order valence-corrected chi connectivity index (χ1v) is 14.8. The SMILES string of the molecule is O=C1C(Cc2csc3ccccc23)N(Cc2ccnc3ccccc23)C(=O)N1c1ccc(S(=O)(=O)C(F)(F)F)cc1. The fourth-order valence-corrected chi connectivity index (χ4v) is 6.77. The van der Waals surface area contributed by atoms with Crippen LogP contribution >= 0.6 is 11.3 Å². The van der Waals surface area contributed by atoms with Crippen molar-refractivity contribution >= 4 is 59.8 Å². The number of hydrogen-bond donors (Lipinski definition) is 0. The molecule has 208 valence electrons. The van der Waals surface area contributed by atoms with Crippen LogP contribution in [-0.4, -0.2) is 41.8 Å². The first-order chi connectivity index (χ1) is 19.6. The van der Waals surface area contributed by atoms with Gasteiger partial charge in [0.1, 0.15) is 6.04 Å². The van der Waals surface area contributed by atoms with E-state index in [0.717, 1.165) is 61.3 Å². The summed E-state index contributed by atoms with van der Waals surface area (Å²) in [6.07, 6.45) is 1.84. The van der Waals surface area contributed by atoms with E-state index in [2.05, 4.69) is 4.98 Å². The van der Waals surface area contributed by atoms with Crippen LogP contribution in [0.5, 0.6) is 0 Å². The standard InChI is InChI=1S/C29H20F3N3O4S2/c30-29(31,32)41(38,39)21-11-9-20(10-12-21)35-27(36)25(15-19-17-40-26-8-4-2-6-23(19)26)34(28(35)37)16-18-13-14-33-24-7-3-1-5-22(18)24/h1-14,17,25H,15-16H2. The molecule has 3 heterocycles. The first-order valence-electron chi connectivity index (χ1n) is 12.4. The summed E-state index contributed by atoms with van der Waals surface area (Å²) in [6.45, 7) is 0.0807. The molecule has 1 atom stereocenters. The van der Waals surface area contributed by atoms with Crippen LogP contribution in [0, 0.1) is 0 Å². The molecule has 2 aromatic heterocycles. The van der Waals surface area contributed by atoms with E-state index in [-0.39, 0.29) is 18.7 Å². The van der Waals surface area contributed by atoms with Gasteiger partial charge >= 0.3 is 11.5 Å². The lowest BCUT2D eigenvalue weighted by Gasteiger charge is -2.22. The Balaban J connectivity index is 1.39. The fraction of sp³-hybridized carbons (Fsp3) is 0.138. The minimum atomic E-state index is -5.59. The predicted octanol–water partition coefficient (Wildman–Crippen LogP) is 6.32. The molecular formula is C29H20F3N3O4S2. The lowest BCUT2D eigenvalue weighted by molar-refractivity contribution is -0.119. The van der Waals surface area contributed by atoms with E-state index < -0.39 is 38.2 Å². The monoisotopic (exact) mass is 595 g/mol. The van der Waals surface area contributed by atoms with E-state index in [1.165, 1.54) is 16.2 Å². The summed E-state index contributed by atoms with van der Waals surface area (Å²) in [7, 11) is -5.59. The maximum absolute atomic E-state index is 13.8. The molecule has 1 fully saturated rings. The second-order valence-electron chi connectivity index (χ2n) is 9.49. The van der Waals surface area contributed by atoms with Crippen LogP contribution < -0.4 is 4.90 Å². The van der Waals surface area contributed by atoms with Crippen LogP contribution in [0.2, 0.25) is 0 Å². The second-order valence-corrected chi connectivity index (χ2v) is 12.3. The number of para-hydroxylation sites is 1. The zero-order valence-electron chi connectivity index (χ0n) is 21.1. The quantitative estimate of drug-likeness (QED) is 0.214. The lowest BCUT2D eigenvalue weighted by Crippen LogP contribution is -2.36. The van der Waals surface area contributed by atoms with Gasteiger partial charge in [0.2, 0.25) is 0 Å². The number of alkyl halides is 3. The Kier molecular flexibility index (Phi) is 6.54. The molecule has 7 nitrogen and oxygen atoms in total. The number of anilines is 1. The van der Waals surface area contributed by atoms with Gasteiger partial charge in [-0.2, -0.15) is 13.2 Å². The highest BCUT2D eigenvalue weighted by Gasteiger charge is 2.48. The number of halogens is 3. The van der Waals surface area contributed by atoms with Crippen molar-refractivity contribution in [3.05, 3.63) is 102 Å². The Morgan fingerprint density at radius 2 is 1.54 bits per heavy atom. The van der Waals surface area contributed by atoms with Gasteiger partial charge in [0, 0.05) is 29.2 Å². The van der Waals surface area contributed by atoms with Crippen LogP contribution in [0.15, 0.2) is 95.3 Å². The van der Waals surface area contributed by atoms with Crippen molar-refractivity contribution in [3.63, 3.8) is 0 Å². The van der Waals surface area contributed by atoms with Crippen molar-refractivity contribution in [3.8, 4) is 0 Å². The van der Waals surface area contributed by atoms with Gasteiger partial charge in [-0.3, -0.25) is 9.78 Å². The average Bonchev–Trinajstić information content (AvgIpc) is 3.46. The Hall–Kier alpha value is -4.29. The fourth-order valence-electron chi connectivity index (χ4n) is 5.03. The number of benzene rings is 3. The second kappa shape index (κ2) is 9.96. The molecule has 12 heteroatoms. The van der Waals surface area contributed by atoms with Crippen molar-refractivity contribution in [2.75, 3.05) is 4.90 Å². The summed E-state index contributed by atoms with van der Waals surface area (Å²) in [5, 5.41) is 3.73. The molecule has 0 radical (unpaired) electrons. The third kappa shape index (κ3) is 4.62. The van der Waals surface area contributed by atoms with Gasteiger partial charge in [0.05, 0.1) is 16.1 Å². The molecule has 5 aromatic rings. The van der Waals surface area contributed by atoms with E-state index in [1.807, 2.05) is 53.9 Å². The Morgan fingerprint density at radius 3 is 2.27 bits per heavy atom. The summed E-state index contributed by atoms with van der Waals surface area (Å²) >= 11 is 1.52. The van der Waals surface area contributed by atoms with Crippen LogP contribution in [0.25, 0.3) is 21.0 Å². The molecule has 41 heavy (non-hydrogen) atoms. The van der Waals surface area contributed by atoms with Gasteiger partial charge in [0.15, 0.2) is 0 Å². The van der Waals surface area contributed by atoms with Gasteiger partial charge < -0.3 is 4.90 Å². The van der Waals surface area contributed by atoms with Crippen molar-refractivity contribution < 1.29 is 31.2 Å². The number of amides is 3. The van der Waals surface area contributed by atoms with Gasteiger partial charge in [0.25, 0.3) is 15.7 Å². The normalized spacial score (nSPS) is 16.3. The first kappa shape index (κ1) is 26.9. The summed E-state index contributed by atoms with van der Waals surface area (Å²) in [5.74, 6) is -0.560. The molecule has 3 amide bonds. The molecule has 0 aliphatic carbocycles. The Bertz CT molecular complexity index is 1920. The third-order valence-corrected chi connectivity index (χ3v) is 9.60. The largest absolute Gasteiger partial charge is 0.501 e. The Labute approximate surface area is 236 Å². The Morgan fingerprint density at radius 1 is 0.854 bits per heavy atom. The number of carbonyl (C=O) groups excluding carboxylic acids is 2. The van der Waals surface area contributed by atoms with E-state index in [0.29, 0.717) is 0 Å². The van der Waals surface area contributed by atoms with Crippen LogP contribution in [0.4, 0.5) is 23.7 Å². The number of nitrogens with zero attached hydrogens (tertiary/aromatic N) is 3. The number of fused-ring (bicyclic) bond motifs is 2. The number of imide groups is 1. The van der Waals surface area contributed by atoms with Gasteiger partial charge in [-0.25, -0.2) is 18.1 Å². The number of urea groups is 1. The minimum absolute atomic E-state index is 0.0246. The number of rotatable bonds is 6. The minimum Gasteiger partial charge on any atom is -0.307 e. The highest BCUT2D eigenvalue weighted by molar-refractivity contribution is 7.92. The molecule has 0 spiro atoms. The zero-order valence-corrected chi connectivity index (χ0v) is 22.7. The number of sulfone groups is 1. The number of hydrogen-bond acceptors (Lipinski definition) is 6. The molecule has 3 aromatic carbocycles. The number of pyridine rings is 1. The van der Waals surface area contributed by atoms with Gasteiger partial charge in [-0.05, 0) is 64.4 Å². The topological polar surface area (TPSA) is 87.7 Å². The molecule has 1 unspecified atom stereocenters. The molecule has 0 N–H and O–H groups in total. The average molecular weight is 596 g/mol. The van der Waals surface area contributed by atoms with Crippen LogP contribution in [0.1, 0.15) is 11.1 Å². The highest BCUT2D eigenvalue weighted by atomic mass is 32.2. The summed E-state index contributed by atoms with van der Waals surface area (Å²) in [4.78, 5) is 33.4. The van der Waals surface area contributed by atoms with Gasteiger partial charge in [-0.1, -0.05) is 36.4 Å². The van der Waals surface area contributed by atoms with Crippen molar-refractivity contribution in [1.29, 1.82) is 0 Å². The number of aromatic nitrogens is 1. The number of carbonyl (C=O) groups is 2. The summed E-state index contributed by atoms with van der Waals surface area (Å²) in [6, 6.07) is 18.9.